The molecular formula is C22H23NO3. The number of hydrogen-bond acceptors (Lipinski definition) is 3. The minimum Gasteiger partial charge on any atom is -0.457 e. The summed E-state index contributed by atoms with van der Waals surface area (Å²) in [5.41, 5.74) is 5.87. The third-order valence-corrected chi connectivity index (χ3v) is 4.78. The molecule has 0 aliphatic carbocycles. The van der Waals surface area contributed by atoms with Gasteiger partial charge in [0.15, 0.2) is 6.61 Å². The van der Waals surface area contributed by atoms with Gasteiger partial charge in [0, 0.05) is 29.1 Å². The number of aromatic amines is 1. The van der Waals surface area contributed by atoms with Crippen molar-refractivity contribution in [3.63, 3.8) is 0 Å². The molecule has 134 valence electrons. The summed E-state index contributed by atoms with van der Waals surface area (Å²) >= 11 is 0. The van der Waals surface area contributed by atoms with E-state index in [1.807, 2.05) is 63.4 Å². The van der Waals surface area contributed by atoms with Gasteiger partial charge in [-0.3, -0.25) is 9.59 Å². The van der Waals surface area contributed by atoms with Gasteiger partial charge in [0.25, 0.3) is 0 Å². The van der Waals surface area contributed by atoms with Crippen LogP contribution in [0.4, 0.5) is 0 Å². The molecule has 4 nitrogen and oxygen atoms in total. The Bertz CT molecular complexity index is 969. The lowest BCUT2D eigenvalue weighted by molar-refractivity contribution is -0.142. The van der Waals surface area contributed by atoms with Gasteiger partial charge >= 0.3 is 5.97 Å². The lowest BCUT2D eigenvalue weighted by Gasteiger charge is -2.09. The fraction of sp³-hybridized carbons (Fsp3) is 0.273. The first-order valence-electron chi connectivity index (χ1n) is 8.77. The molecule has 4 heteroatoms. The largest absolute Gasteiger partial charge is 0.457 e. The van der Waals surface area contributed by atoms with E-state index in [4.69, 9.17) is 4.74 Å². The molecule has 3 rings (SSSR count). The summed E-state index contributed by atoms with van der Waals surface area (Å²) in [6.07, 6.45) is 2.75. The van der Waals surface area contributed by atoms with Crippen LogP contribution in [-0.2, 0) is 16.0 Å². The van der Waals surface area contributed by atoms with E-state index >= 15 is 0 Å². The van der Waals surface area contributed by atoms with Crippen LogP contribution in [0.15, 0.2) is 42.6 Å². The van der Waals surface area contributed by atoms with E-state index in [1.165, 1.54) is 0 Å². The molecule has 0 fully saturated rings. The fourth-order valence-corrected chi connectivity index (χ4v) is 3.13. The highest BCUT2D eigenvalue weighted by Crippen LogP contribution is 2.19. The van der Waals surface area contributed by atoms with Crippen LogP contribution in [0.2, 0.25) is 0 Å². The Morgan fingerprint density at radius 3 is 2.54 bits per heavy atom. The molecule has 2 aromatic carbocycles. The first-order valence-corrected chi connectivity index (χ1v) is 8.77. The van der Waals surface area contributed by atoms with E-state index in [9.17, 15) is 9.59 Å². The van der Waals surface area contributed by atoms with Crippen molar-refractivity contribution in [2.75, 3.05) is 6.61 Å². The number of rotatable bonds is 6. The molecule has 0 saturated carbocycles. The maximum Gasteiger partial charge on any atom is 0.306 e. The molecule has 3 aromatic rings. The Kier molecular flexibility index (Phi) is 5.21. The number of H-pyrrole nitrogens is 1. The molecule has 0 saturated heterocycles. The molecule has 0 aliphatic heterocycles. The second-order valence-electron chi connectivity index (χ2n) is 6.69. The highest BCUT2D eigenvalue weighted by Gasteiger charge is 2.14. The van der Waals surface area contributed by atoms with Gasteiger partial charge in [0.1, 0.15) is 0 Å². The summed E-state index contributed by atoms with van der Waals surface area (Å²) in [6.45, 7) is 5.68. The number of ketones is 1. The van der Waals surface area contributed by atoms with Gasteiger partial charge in [-0.15, -0.1) is 0 Å². The zero-order chi connectivity index (χ0) is 18.7. The molecule has 0 atom stereocenters. The first kappa shape index (κ1) is 17.9. The summed E-state index contributed by atoms with van der Waals surface area (Å²) in [7, 11) is 0. The van der Waals surface area contributed by atoms with Crippen molar-refractivity contribution in [2.45, 2.75) is 33.6 Å². The predicted molar refractivity (Wildman–Crippen MR) is 103 cm³/mol. The lowest BCUT2D eigenvalue weighted by Crippen LogP contribution is -2.15. The third-order valence-electron chi connectivity index (χ3n) is 4.78. The molecule has 1 heterocycles. The van der Waals surface area contributed by atoms with Gasteiger partial charge in [-0.1, -0.05) is 24.3 Å². The van der Waals surface area contributed by atoms with Crippen LogP contribution >= 0.6 is 0 Å². The number of para-hydroxylation sites is 1. The van der Waals surface area contributed by atoms with Crippen LogP contribution in [0, 0.1) is 20.8 Å². The van der Waals surface area contributed by atoms with Crippen molar-refractivity contribution in [1.82, 2.24) is 4.98 Å². The second kappa shape index (κ2) is 7.56. The van der Waals surface area contributed by atoms with Crippen molar-refractivity contribution >= 4 is 22.7 Å². The van der Waals surface area contributed by atoms with Crippen LogP contribution in [0.3, 0.4) is 0 Å². The van der Waals surface area contributed by atoms with Gasteiger partial charge in [-0.2, -0.15) is 0 Å². The van der Waals surface area contributed by atoms with Gasteiger partial charge in [0.05, 0.1) is 0 Å². The zero-order valence-electron chi connectivity index (χ0n) is 15.4. The van der Waals surface area contributed by atoms with Crippen molar-refractivity contribution in [3.05, 3.63) is 70.4 Å². The summed E-state index contributed by atoms with van der Waals surface area (Å²) < 4.78 is 5.20. The molecule has 26 heavy (non-hydrogen) atoms. The van der Waals surface area contributed by atoms with Crippen LogP contribution in [0.25, 0.3) is 10.9 Å². The number of aromatic nitrogens is 1. The van der Waals surface area contributed by atoms with E-state index < -0.39 is 0 Å². The maximum absolute atomic E-state index is 12.4. The first-order chi connectivity index (χ1) is 12.5. The molecular weight excluding hydrogens is 326 g/mol. The van der Waals surface area contributed by atoms with Crippen LogP contribution in [-0.4, -0.2) is 23.3 Å². The minimum atomic E-state index is -0.356. The van der Waals surface area contributed by atoms with Gasteiger partial charge in [-0.05, 0) is 61.6 Å². The predicted octanol–water partition coefficient (Wildman–Crippen LogP) is 4.45. The number of aryl methyl sites for hydroxylation is 4. The Labute approximate surface area is 153 Å². The average Bonchev–Trinajstić information content (AvgIpc) is 3.04. The summed E-state index contributed by atoms with van der Waals surface area (Å²) in [5, 5.41) is 1.11. The molecule has 1 aromatic heterocycles. The van der Waals surface area contributed by atoms with Gasteiger partial charge in [0.2, 0.25) is 5.78 Å². The quantitative estimate of drug-likeness (QED) is 0.528. The van der Waals surface area contributed by atoms with Crippen LogP contribution in [0.1, 0.15) is 39.0 Å². The monoisotopic (exact) mass is 349 g/mol. The SMILES string of the molecule is Cc1cc(C)c(C(=O)COC(=O)CCc2c[nH]c3ccccc23)cc1C. The number of nitrogens with one attached hydrogen (secondary N) is 1. The number of benzene rings is 2. The van der Waals surface area contributed by atoms with Crippen molar-refractivity contribution in [2.24, 2.45) is 0 Å². The van der Waals surface area contributed by atoms with E-state index in [0.717, 1.165) is 33.2 Å². The zero-order valence-corrected chi connectivity index (χ0v) is 15.4. The smallest absolute Gasteiger partial charge is 0.306 e. The Balaban J connectivity index is 1.56. The van der Waals surface area contributed by atoms with Gasteiger partial charge < -0.3 is 9.72 Å². The van der Waals surface area contributed by atoms with E-state index in [0.29, 0.717) is 12.0 Å². The van der Waals surface area contributed by atoms with Crippen LogP contribution < -0.4 is 0 Å². The normalized spacial score (nSPS) is 10.9. The van der Waals surface area contributed by atoms with Crippen molar-refractivity contribution in [3.8, 4) is 0 Å². The summed E-state index contributed by atoms with van der Waals surface area (Å²) in [4.78, 5) is 27.6. The number of fused-ring (bicyclic) bond motifs is 1. The van der Waals surface area contributed by atoms with Crippen molar-refractivity contribution in [1.29, 1.82) is 0 Å². The molecule has 0 radical (unpaired) electrons. The molecule has 0 amide bonds. The number of carbonyl (C=O) groups is 2. The number of carbonyl (C=O) groups excluding carboxylic acids is 2. The topological polar surface area (TPSA) is 59.2 Å². The fourth-order valence-electron chi connectivity index (χ4n) is 3.13. The lowest BCUT2D eigenvalue weighted by atomic mass is 9.98. The summed E-state index contributed by atoms with van der Waals surface area (Å²) in [6, 6.07) is 11.8. The summed E-state index contributed by atoms with van der Waals surface area (Å²) in [5.74, 6) is -0.517. The third kappa shape index (κ3) is 3.85. The van der Waals surface area contributed by atoms with E-state index in [1.54, 1.807) is 0 Å². The van der Waals surface area contributed by atoms with Crippen molar-refractivity contribution < 1.29 is 14.3 Å². The molecule has 1 N–H and O–H groups in total. The highest BCUT2D eigenvalue weighted by molar-refractivity contribution is 5.99. The highest BCUT2D eigenvalue weighted by atomic mass is 16.5. The minimum absolute atomic E-state index is 0.161. The number of ether oxygens (including phenoxy) is 1. The Morgan fingerprint density at radius 2 is 1.73 bits per heavy atom. The van der Waals surface area contributed by atoms with E-state index in [-0.39, 0.29) is 24.8 Å². The molecule has 0 aliphatic rings. The molecule has 0 spiro atoms. The number of esters is 1. The molecule has 0 bridgehead atoms. The maximum atomic E-state index is 12.4. The van der Waals surface area contributed by atoms with Gasteiger partial charge in [-0.25, -0.2) is 0 Å². The second-order valence-corrected chi connectivity index (χ2v) is 6.69. The molecule has 0 unspecified atom stereocenters. The van der Waals surface area contributed by atoms with E-state index in [2.05, 4.69) is 4.98 Å². The Morgan fingerprint density at radius 1 is 1.00 bits per heavy atom. The number of Topliss-reactive ketones (excluding diaryl/α,β-unsaturated/α-hetero) is 1. The number of hydrogen-bond donors (Lipinski definition) is 1. The average molecular weight is 349 g/mol. The standard InChI is InChI=1S/C22H23NO3/c1-14-10-16(3)19(11-15(14)2)21(24)13-26-22(25)9-8-17-12-23-20-7-5-4-6-18(17)20/h4-7,10-12,23H,8-9,13H2,1-3H3. The van der Waals surface area contributed by atoms with Crippen LogP contribution in [0.5, 0.6) is 0 Å². The Hall–Kier alpha value is -2.88.